The Morgan fingerprint density at radius 1 is 1.58 bits per heavy atom. The smallest absolute Gasteiger partial charge is 0.352 e. The Bertz CT molecular complexity index is 687. The van der Waals surface area contributed by atoms with Crippen molar-refractivity contribution in [3.63, 3.8) is 0 Å². The third-order valence-electron chi connectivity index (χ3n) is 2.49. The van der Waals surface area contributed by atoms with Gasteiger partial charge in [-0.3, -0.25) is 9.82 Å². The fourth-order valence-corrected chi connectivity index (χ4v) is 2.64. The first-order chi connectivity index (χ1) is 8.94. The van der Waals surface area contributed by atoms with Crippen molar-refractivity contribution in [2.45, 2.75) is 18.4 Å². The number of nitrogens with zero attached hydrogens (tertiary/aromatic N) is 2. The van der Waals surface area contributed by atoms with E-state index in [2.05, 4.69) is 14.9 Å². The summed E-state index contributed by atoms with van der Waals surface area (Å²) in [4.78, 5) is 10.9. The second-order valence-electron chi connectivity index (χ2n) is 3.73. The number of hydrogen-bond acceptors (Lipinski definition) is 4. The summed E-state index contributed by atoms with van der Waals surface area (Å²) in [6, 6.07) is 2.57. The van der Waals surface area contributed by atoms with Gasteiger partial charge in [0.2, 0.25) is 0 Å². The number of carboxylic acid groups (broad SMARTS) is 1. The molecule has 9 heteroatoms. The molecule has 0 amide bonds. The number of hydrogen-bond donors (Lipinski definition) is 3. The maximum absolute atomic E-state index is 12.0. The molecule has 0 saturated carbocycles. The highest BCUT2D eigenvalue weighted by Crippen LogP contribution is 2.17. The van der Waals surface area contributed by atoms with Crippen LogP contribution in [0.25, 0.3) is 0 Å². The molecule has 102 valence electrons. The molecular formula is C10H12N4O4S. The maximum atomic E-state index is 12.0. The van der Waals surface area contributed by atoms with Gasteiger partial charge in [-0.25, -0.2) is 13.2 Å². The van der Waals surface area contributed by atoms with E-state index in [0.717, 1.165) is 6.07 Å². The molecule has 0 aliphatic heterocycles. The first kappa shape index (κ1) is 13.1. The van der Waals surface area contributed by atoms with Gasteiger partial charge < -0.3 is 9.67 Å². The Kier molecular flexibility index (Phi) is 3.30. The normalized spacial score (nSPS) is 11.4. The van der Waals surface area contributed by atoms with Gasteiger partial charge in [0, 0.05) is 18.8 Å². The largest absolute Gasteiger partial charge is 0.477 e. The number of aromatic carboxylic acids is 1. The fourth-order valence-electron chi connectivity index (χ4n) is 1.59. The molecule has 0 unspecified atom stereocenters. The summed E-state index contributed by atoms with van der Waals surface area (Å²) in [6.07, 6.45) is 2.68. The third-order valence-corrected chi connectivity index (χ3v) is 3.82. The van der Waals surface area contributed by atoms with Crippen molar-refractivity contribution in [2.75, 3.05) is 4.72 Å². The number of carboxylic acids is 1. The monoisotopic (exact) mass is 284 g/mol. The van der Waals surface area contributed by atoms with Crippen molar-refractivity contribution < 1.29 is 18.3 Å². The van der Waals surface area contributed by atoms with Crippen molar-refractivity contribution in [1.29, 1.82) is 0 Å². The summed E-state index contributed by atoms with van der Waals surface area (Å²) in [5.74, 6) is -0.967. The minimum absolute atomic E-state index is 0.0764. The van der Waals surface area contributed by atoms with Gasteiger partial charge in [-0.05, 0) is 13.0 Å². The first-order valence-electron chi connectivity index (χ1n) is 5.39. The van der Waals surface area contributed by atoms with Gasteiger partial charge in [-0.15, -0.1) is 0 Å². The third kappa shape index (κ3) is 2.60. The topological polar surface area (TPSA) is 117 Å². The zero-order chi connectivity index (χ0) is 14.0. The van der Waals surface area contributed by atoms with Crippen molar-refractivity contribution in [1.82, 2.24) is 14.8 Å². The SMILES string of the molecule is CCn1cc(S(=O)(=O)Nc2ccn[nH]2)cc1C(=O)O. The van der Waals surface area contributed by atoms with E-state index < -0.39 is 16.0 Å². The zero-order valence-corrected chi connectivity index (χ0v) is 10.8. The van der Waals surface area contributed by atoms with E-state index in [4.69, 9.17) is 5.11 Å². The zero-order valence-electron chi connectivity index (χ0n) is 9.99. The molecule has 2 aromatic rings. The van der Waals surface area contributed by atoms with Gasteiger partial charge in [0.15, 0.2) is 0 Å². The van der Waals surface area contributed by atoms with Crippen LogP contribution >= 0.6 is 0 Å². The molecule has 3 N–H and O–H groups in total. The van der Waals surface area contributed by atoms with Gasteiger partial charge >= 0.3 is 5.97 Å². The van der Waals surface area contributed by atoms with E-state index in [-0.39, 0.29) is 16.4 Å². The van der Waals surface area contributed by atoms with E-state index in [9.17, 15) is 13.2 Å². The van der Waals surface area contributed by atoms with Crippen LogP contribution in [-0.4, -0.2) is 34.3 Å². The van der Waals surface area contributed by atoms with Crippen LogP contribution in [0.5, 0.6) is 0 Å². The van der Waals surface area contributed by atoms with Gasteiger partial charge in [0.1, 0.15) is 16.4 Å². The molecule has 8 nitrogen and oxygen atoms in total. The number of rotatable bonds is 5. The van der Waals surface area contributed by atoms with Crippen LogP contribution in [0, 0.1) is 0 Å². The number of aromatic nitrogens is 3. The Morgan fingerprint density at radius 3 is 2.79 bits per heavy atom. The van der Waals surface area contributed by atoms with Gasteiger partial charge in [0.05, 0.1) is 6.20 Å². The van der Waals surface area contributed by atoms with E-state index in [1.807, 2.05) is 0 Å². The summed E-state index contributed by atoms with van der Waals surface area (Å²) in [6.45, 7) is 2.09. The first-order valence-corrected chi connectivity index (χ1v) is 6.88. The second kappa shape index (κ2) is 4.76. The molecule has 0 aliphatic rings. The standard InChI is InChI=1S/C10H12N4O4S/c1-2-14-6-7(5-8(14)10(15)16)19(17,18)13-9-3-4-11-12-9/h3-6H,2H2,1H3,(H,15,16)(H2,11,12,13). The maximum Gasteiger partial charge on any atom is 0.352 e. The van der Waals surface area contributed by atoms with Crippen LogP contribution in [0.1, 0.15) is 17.4 Å². The summed E-state index contributed by atoms with van der Waals surface area (Å²) in [5, 5.41) is 15.1. The summed E-state index contributed by atoms with van der Waals surface area (Å²) in [5.41, 5.74) is -0.0764. The molecule has 0 fully saturated rings. The minimum atomic E-state index is -3.83. The molecule has 2 rings (SSSR count). The van der Waals surface area contributed by atoms with Crippen molar-refractivity contribution in [3.05, 3.63) is 30.2 Å². The fraction of sp³-hybridized carbons (Fsp3) is 0.200. The quantitative estimate of drug-likeness (QED) is 0.748. The number of sulfonamides is 1. The molecule has 0 aliphatic carbocycles. The lowest BCUT2D eigenvalue weighted by Gasteiger charge is -2.02. The van der Waals surface area contributed by atoms with Crippen molar-refractivity contribution >= 4 is 21.8 Å². The van der Waals surface area contributed by atoms with Crippen LogP contribution < -0.4 is 4.72 Å². The summed E-state index contributed by atoms with van der Waals surface area (Å²) >= 11 is 0. The lowest BCUT2D eigenvalue weighted by atomic mass is 10.4. The molecule has 0 atom stereocenters. The van der Waals surface area contributed by atoms with Crippen molar-refractivity contribution in [3.8, 4) is 0 Å². The van der Waals surface area contributed by atoms with Crippen LogP contribution in [0.2, 0.25) is 0 Å². The number of aryl methyl sites for hydroxylation is 1. The average molecular weight is 284 g/mol. The number of carbonyl (C=O) groups is 1. The van der Waals surface area contributed by atoms with Crippen LogP contribution in [0.4, 0.5) is 5.82 Å². The van der Waals surface area contributed by atoms with E-state index in [1.54, 1.807) is 6.92 Å². The molecule has 0 radical (unpaired) electrons. The van der Waals surface area contributed by atoms with Crippen LogP contribution in [-0.2, 0) is 16.6 Å². The summed E-state index contributed by atoms with van der Waals surface area (Å²) in [7, 11) is -3.83. The van der Waals surface area contributed by atoms with Gasteiger partial charge in [0.25, 0.3) is 10.0 Å². The number of aromatic amines is 1. The highest BCUT2D eigenvalue weighted by molar-refractivity contribution is 7.92. The molecule has 0 aromatic carbocycles. The lowest BCUT2D eigenvalue weighted by Crippen LogP contribution is -2.12. The molecule has 2 aromatic heterocycles. The summed E-state index contributed by atoms with van der Waals surface area (Å²) < 4.78 is 27.7. The Labute approximate surface area is 109 Å². The molecule has 2 heterocycles. The number of anilines is 1. The van der Waals surface area contributed by atoms with Crippen LogP contribution in [0.3, 0.4) is 0 Å². The minimum Gasteiger partial charge on any atom is -0.477 e. The highest BCUT2D eigenvalue weighted by Gasteiger charge is 2.21. The Hall–Kier alpha value is -2.29. The lowest BCUT2D eigenvalue weighted by molar-refractivity contribution is 0.0685. The predicted molar refractivity (Wildman–Crippen MR) is 66.5 cm³/mol. The van der Waals surface area contributed by atoms with Crippen molar-refractivity contribution in [2.24, 2.45) is 0 Å². The Balaban J connectivity index is 2.38. The predicted octanol–water partition coefficient (Wildman–Crippen LogP) is 0.730. The van der Waals surface area contributed by atoms with E-state index in [1.165, 1.54) is 23.0 Å². The molecule has 19 heavy (non-hydrogen) atoms. The molecule has 0 bridgehead atoms. The van der Waals surface area contributed by atoms with E-state index in [0.29, 0.717) is 6.54 Å². The number of H-pyrrole nitrogens is 1. The van der Waals surface area contributed by atoms with Crippen LogP contribution in [0.15, 0.2) is 29.4 Å². The molecular weight excluding hydrogens is 272 g/mol. The van der Waals surface area contributed by atoms with Gasteiger partial charge in [-0.1, -0.05) is 0 Å². The highest BCUT2D eigenvalue weighted by atomic mass is 32.2. The van der Waals surface area contributed by atoms with Gasteiger partial charge in [-0.2, -0.15) is 5.10 Å². The Morgan fingerprint density at radius 2 is 2.32 bits per heavy atom. The molecule has 0 spiro atoms. The number of nitrogens with one attached hydrogen (secondary N) is 2. The average Bonchev–Trinajstić information content (AvgIpc) is 2.95. The second-order valence-corrected chi connectivity index (χ2v) is 5.41. The molecule has 0 saturated heterocycles. The van der Waals surface area contributed by atoms with E-state index >= 15 is 0 Å².